The molecular formula is C13H15NO4. The van der Waals surface area contributed by atoms with Crippen LogP contribution in [0.4, 0.5) is 0 Å². The molecule has 1 fully saturated rings. The average molecular weight is 249 g/mol. The molecule has 1 aliphatic rings. The molecule has 96 valence electrons. The predicted octanol–water partition coefficient (Wildman–Crippen LogP) is 1.13. The van der Waals surface area contributed by atoms with Crippen molar-refractivity contribution in [2.75, 3.05) is 19.8 Å². The van der Waals surface area contributed by atoms with Crippen LogP contribution in [-0.4, -0.2) is 41.6 Å². The molecule has 1 aromatic carbocycles. The summed E-state index contributed by atoms with van der Waals surface area (Å²) in [4.78, 5) is 24.2. The molecule has 5 nitrogen and oxygen atoms in total. The van der Waals surface area contributed by atoms with Crippen molar-refractivity contribution in [1.29, 1.82) is 0 Å². The number of benzene rings is 1. The van der Waals surface area contributed by atoms with Crippen LogP contribution in [0, 0.1) is 0 Å². The van der Waals surface area contributed by atoms with Gasteiger partial charge in [-0.3, -0.25) is 4.79 Å². The van der Waals surface area contributed by atoms with E-state index in [0.717, 1.165) is 5.56 Å². The van der Waals surface area contributed by atoms with Crippen LogP contribution >= 0.6 is 0 Å². The van der Waals surface area contributed by atoms with Crippen LogP contribution in [0.2, 0.25) is 0 Å². The number of rotatable bonds is 3. The summed E-state index contributed by atoms with van der Waals surface area (Å²) in [6, 6.07) is 6.58. The summed E-state index contributed by atoms with van der Waals surface area (Å²) in [5.74, 6) is -0.865. The molecule has 1 amide bonds. The minimum absolute atomic E-state index is 0.0785. The molecule has 0 aliphatic carbocycles. The molecule has 18 heavy (non-hydrogen) atoms. The van der Waals surface area contributed by atoms with Gasteiger partial charge in [-0.2, -0.15) is 0 Å². The van der Waals surface area contributed by atoms with Gasteiger partial charge in [0.2, 0.25) is 5.91 Å². The maximum Gasteiger partial charge on any atom is 0.335 e. The zero-order valence-electron chi connectivity index (χ0n) is 9.96. The molecule has 0 atom stereocenters. The van der Waals surface area contributed by atoms with E-state index in [-0.39, 0.29) is 11.5 Å². The van der Waals surface area contributed by atoms with Crippen LogP contribution in [-0.2, 0) is 16.1 Å². The first-order valence-electron chi connectivity index (χ1n) is 5.84. The molecule has 0 spiro atoms. The molecule has 2 rings (SSSR count). The summed E-state index contributed by atoms with van der Waals surface area (Å²) >= 11 is 0. The topological polar surface area (TPSA) is 66.8 Å². The Morgan fingerprint density at radius 2 is 2.00 bits per heavy atom. The molecule has 0 radical (unpaired) electrons. The Morgan fingerprint density at radius 1 is 1.28 bits per heavy atom. The van der Waals surface area contributed by atoms with E-state index in [2.05, 4.69) is 0 Å². The van der Waals surface area contributed by atoms with Crippen molar-refractivity contribution in [1.82, 2.24) is 4.90 Å². The van der Waals surface area contributed by atoms with Crippen LogP contribution in [0.25, 0.3) is 0 Å². The fraction of sp³-hybridized carbons (Fsp3) is 0.385. The lowest BCUT2D eigenvalue weighted by Gasteiger charge is -2.19. The van der Waals surface area contributed by atoms with E-state index in [1.165, 1.54) is 0 Å². The second kappa shape index (κ2) is 5.64. The van der Waals surface area contributed by atoms with Gasteiger partial charge < -0.3 is 14.7 Å². The summed E-state index contributed by atoms with van der Waals surface area (Å²) in [5, 5.41) is 8.80. The lowest BCUT2D eigenvalue weighted by atomic mass is 10.1. The van der Waals surface area contributed by atoms with Crippen LogP contribution in [0.15, 0.2) is 24.3 Å². The third-order valence-electron chi connectivity index (χ3n) is 2.89. The Bertz CT molecular complexity index is 441. The highest BCUT2D eigenvalue weighted by Gasteiger charge is 2.16. The van der Waals surface area contributed by atoms with E-state index in [9.17, 15) is 9.59 Å². The van der Waals surface area contributed by atoms with Crippen LogP contribution in [0.5, 0.6) is 0 Å². The number of carboxylic acids is 1. The fourth-order valence-electron chi connectivity index (χ4n) is 1.86. The first kappa shape index (κ1) is 12.6. The maximum absolute atomic E-state index is 11.7. The van der Waals surface area contributed by atoms with E-state index < -0.39 is 5.97 Å². The SMILES string of the molecule is O=C(O)c1ccc(CN2CCOCCC2=O)cc1. The average Bonchev–Trinajstić information content (AvgIpc) is 2.56. The second-order valence-electron chi connectivity index (χ2n) is 4.18. The van der Waals surface area contributed by atoms with Crippen LogP contribution in [0.3, 0.4) is 0 Å². The molecule has 0 unspecified atom stereocenters. The molecule has 0 aromatic heterocycles. The summed E-state index contributed by atoms with van der Waals surface area (Å²) in [6.07, 6.45) is 0.410. The normalized spacial score (nSPS) is 16.4. The van der Waals surface area contributed by atoms with Crippen molar-refractivity contribution in [2.24, 2.45) is 0 Å². The van der Waals surface area contributed by atoms with Gasteiger partial charge in [0.15, 0.2) is 0 Å². The van der Waals surface area contributed by atoms with Crippen molar-refractivity contribution >= 4 is 11.9 Å². The Hall–Kier alpha value is -1.88. The summed E-state index contributed by atoms with van der Waals surface area (Å²) in [7, 11) is 0. The monoisotopic (exact) mass is 249 g/mol. The number of carbonyl (C=O) groups is 2. The van der Waals surface area contributed by atoms with Gasteiger partial charge in [-0.25, -0.2) is 4.79 Å². The van der Waals surface area contributed by atoms with Crippen LogP contribution in [0.1, 0.15) is 22.3 Å². The smallest absolute Gasteiger partial charge is 0.335 e. The third-order valence-corrected chi connectivity index (χ3v) is 2.89. The molecule has 0 saturated carbocycles. The summed E-state index contributed by atoms with van der Waals surface area (Å²) in [5.41, 5.74) is 1.18. The first-order valence-corrected chi connectivity index (χ1v) is 5.84. The van der Waals surface area contributed by atoms with Gasteiger partial charge >= 0.3 is 5.97 Å². The Kier molecular flexibility index (Phi) is 3.94. The van der Waals surface area contributed by atoms with Crippen molar-refractivity contribution in [2.45, 2.75) is 13.0 Å². The molecule has 1 aromatic rings. The Labute approximate surface area is 105 Å². The van der Waals surface area contributed by atoms with Gasteiger partial charge in [0, 0.05) is 13.1 Å². The van der Waals surface area contributed by atoms with Crippen LogP contribution < -0.4 is 0 Å². The van der Waals surface area contributed by atoms with Gasteiger partial charge in [0.05, 0.1) is 25.2 Å². The summed E-state index contributed by atoms with van der Waals surface area (Å²) in [6.45, 7) is 2.12. The molecule has 1 aliphatic heterocycles. The van der Waals surface area contributed by atoms with Crippen molar-refractivity contribution < 1.29 is 19.4 Å². The van der Waals surface area contributed by atoms with Gasteiger partial charge in [0.1, 0.15) is 0 Å². The minimum Gasteiger partial charge on any atom is -0.478 e. The second-order valence-corrected chi connectivity index (χ2v) is 4.18. The molecular weight excluding hydrogens is 234 g/mol. The quantitative estimate of drug-likeness (QED) is 0.872. The predicted molar refractivity (Wildman–Crippen MR) is 64.3 cm³/mol. The van der Waals surface area contributed by atoms with Crippen molar-refractivity contribution in [3.63, 3.8) is 0 Å². The molecule has 1 heterocycles. The lowest BCUT2D eigenvalue weighted by Crippen LogP contribution is -2.31. The molecule has 1 N–H and O–H groups in total. The zero-order chi connectivity index (χ0) is 13.0. The molecule has 1 saturated heterocycles. The number of hydrogen-bond donors (Lipinski definition) is 1. The Morgan fingerprint density at radius 3 is 2.67 bits per heavy atom. The zero-order valence-corrected chi connectivity index (χ0v) is 9.96. The third kappa shape index (κ3) is 3.07. The number of hydrogen-bond acceptors (Lipinski definition) is 3. The van der Waals surface area contributed by atoms with E-state index in [0.29, 0.717) is 32.7 Å². The summed E-state index contributed by atoms with van der Waals surface area (Å²) < 4.78 is 5.24. The first-order chi connectivity index (χ1) is 8.66. The Balaban J connectivity index is 2.03. The van der Waals surface area contributed by atoms with Gasteiger partial charge in [0.25, 0.3) is 0 Å². The van der Waals surface area contributed by atoms with Gasteiger partial charge in [-0.05, 0) is 17.7 Å². The number of aromatic carboxylic acids is 1. The highest BCUT2D eigenvalue weighted by atomic mass is 16.5. The number of nitrogens with zero attached hydrogens (tertiary/aromatic N) is 1. The largest absolute Gasteiger partial charge is 0.478 e. The van der Waals surface area contributed by atoms with Crippen molar-refractivity contribution in [3.8, 4) is 0 Å². The van der Waals surface area contributed by atoms with E-state index in [1.54, 1.807) is 29.2 Å². The highest BCUT2D eigenvalue weighted by molar-refractivity contribution is 5.87. The maximum atomic E-state index is 11.7. The number of carbonyl (C=O) groups excluding carboxylic acids is 1. The fourth-order valence-corrected chi connectivity index (χ4v) is 1.86. The lowest BCUT2D eigenvalue weighted by molar-refractivity contribution is -0.131. The highest BCUT2D eigenvalue weighted by Crippen LogP contribution is 2.10. The van der Waals surface area contributed by atoms with E-state index in [4.69, 9.17) is 9.84 Å². The van der Waals surface area contributed by atoms with E-state index >= 15 is 0 Å². The van der Waals surface area contributed by atoms with E-state index in [1.807, 2.05) is 0 Å². The molecule has 5 heteroatoms. The number of amides is 1. The number of carboxylic acid groups (broad SMARTS) is 1. The number of ether oxygens (including phenoxy) is 1. The standard InChI is InChI=1S/C13H15NO4/c15-12-5-7-18-8-6-14(12)9-10-1-3-11(4-2-10)13(16)17/h1-4H,5-9H2,(H,16,17). The van der Waals surface area contributed by atoms with Gasteiger partial charge in [-0.1, -0.05) is 12.1 Å². The van der Waals surface area contributed by atoms with Gasteiger partial charge in [-0.15, -0.1) is 0 Å². The minimum atomic E-state index is -0.944. The molecule has 0 bridgehead atoms. The van der Waals surface area contributed by atoms with Crippen molar-refractivity contribution in [3.05, 3.63) is 35.4 Å².